The molecule has 116 valence electrons. The van der Waals surface area contributed by atoms with Gasteiger partial charge in [-0.2, -0.15) is 0 Å². The number of furan rings is 1. The molecule has 0 aromatic carbocycles. The average Bonchev–Trinajstić information content (AvgIpc) is 3.05. The molecule has 1 saturated heterocycles. The van der Waals surface area contributed by atoms with Crippen molar-refractivity contribution in [1.29, 1.82) is 0 Å². The highest BCUT2D eigenvalue weighted by Gasteiger charge is 2.43. The molecule has 2 N–H and O–H groups in total. The molecule has 0 bridgehead atoms. The van der Waals surface area contributed by atoms with Crippen molar-refractivity contribution in [3.05, 3.63) is 41.1 Å². The molecule has 5 nitrogen and oxygen atoms in total. The Kier molecular flexibility index (Phi) is 3.18. The lowest BCUT2D eigenvalue weighted by molar-refractivity contribution is 0.128. The summed E-state index contributed by atoms with van der Waals surface area (Å²) in [5, 5.41) is 0. The summed E-state index contributed by atoms with van der Waals surface area (Å²) in [4.78, 5) is 11.2. The van der Waals surface area contributed by atoms with E-state index in [1.807, 2.05) is 19.2 Å². The largest absolute Gasteiger partial charge is 0.465 e. The third-order valence-electron chi connectivity index (χ3n) is 5.09. The Morgan fingerprint density at radius 1 is 1.36 bits per heavy atom. The lowest BCUT2D eigenvalue weighted by Gasteiger charge is -2.40. The second kappa shape index (κ2) is 5.09. The molecule has 1 aliphatic carbocycles. The molecule has 1 unspecified atom stereocenters. The van der Waals surface area contributed by atoms with Crippen LogP contribution in [0.1, 0.15) is 42.0 Å². The molecule has 0 radical (unpaired) electrons. The van der Waals surface area contributed by atoms with E-state index >= 15 is 0 Å². The highest BCUT2D eigenvalue weighted by atomic mass is 16.3. The Hall–Kier alpha value is -1.88. The quantitative estimate of drug-likeness (QED) is 0.922. The van der Waals surface area contributed by atoms with Crippen molar-refractivity contribution in [2.24, 2.45) is 0 Å². The number of nitrogen functional groups attached to an aromatic ring is 1. The van der Waals surface area contributed by atoms with Gasteiger partial charge in [-0.25, -0.2) is 9.97 Å². The smallest absolute Gasteiger partial charge is 0.220 e. The van der Waals surface area contributed by atoms with E-state index in [9.17, 15) is 0 Å². The molecule has 1 atom stereocenters. The van der Waals surface area contributed by atoms with Gasteiger partial charge in [0.05, 0.1) is 12.2 Å². The fourth-order valence-electron chi connectivity index (χ4n) is 4.10. The summed E-state index contributed by atoms with van der Waals surface area (Å²) in [6, 6.07) is 4.12. The fourth-order valence-corrected chi connectivity index (χ4v) is 4.10. The van der Waals surface area contributed by atoms with Crippen molar-refractivity contribution >= 4 is 5.95 Å². The summed E-state index contributed by atoms with van der Waals surface area (Å²) >= 11 is 0. The predicted molar refractivity (Wildman–Crippen MR) is 84.4 cm³/mol. The van der Waals surface area contributed by atoms with Crippen LogP contribution >= 0.6 is 0 Å². The molecule has 2 aromatic rings. The molecular formula is C17H22N4O. The van der Waals surface area contributed by atoms with Crippen LogP contribution in [0.4, 0.5) is 5.95 Å². The Labute approximate surface area is 130 Å². The Balaban J connectivity index is 1.58. The molecule has 2 aromatic heterocycles. The topological polar surface area (TPSA) is 68.2 Å². The van der Waals surface area contributed by atoms with Gasteiger partial charge in [0.1, 0.15) is 11.5 Å². The number of likely N-dealkylation sites (tertiary alicyclic amines) is 1. The number of aromatic nitrogens is 2. The van der Waals surface area contributed by atoms with E-state index in [0.29, 0.717) is 5.95 Å². The SMILES string of the molecule is Cc1ccc(CN2CCCC3(CCc4cnc(N)nc43)C2)o1. The van der Waals surface area contributed by atoms with Gasteiger partial charge in [0, 0.05) is 18.2 Å². The van der Waals surface area contributed by atoms with Crippen molar-refractivity contribution in [3.8, 4) is 0 Å². The normalized spacial score (nSPS) is 24.8. The highest BCUT2D eigenvalue weighted by Crippen LogP contribution is 2.44. The molecule has 2 aliphatic rings. The van der Waals surface area contributed by atoms with Crippen LogP contribution in [-0.4, -0.2) is 28.0 Å². The molecule has 22 heavy (non-hydrogen) atoms. The van der Waals surface area contributed by atoms with Gasteiger partial charge >= 0.3 is 0 Å². The first-order valence-electron chi connectivity index (χ1n) is 8.04. The van der Waals surface area contributed by atoms with E-state index in [0.717, 1.165) is 44.0 Å². The Morgan fingerprint density at radius 3 is 3.09 bits per heavy atom. The molecular weight excluding hydrogens is 276 g/mol. The standard InChI is InChI=1S/C17H22N4O/c1-12-3-4-14(22-12)10-21-8-2-6-17(11-21)7-5-13-9-19-16(18)20-15(13)17/h3-4,9H,2,5-8,10-11H2,1H3,(H2,18,19,20). The summed E-state index contributed by atoms with van der Waals surface area (Å²) in [6.07, 6.45) is 6.55. The second-order valence-corrected chi connectivity index (χ2v) is 6.71. The number of nitrogens with two attached hydrogens (primary N) is 1. The maximum Gasteiger partial charge on any atom is 0.220 e. The van der Waals surface area contributed by atoms with E-state index in [4.69, 9.17) is 10.2 Å². The van der Waals surface area contributed by atoms with Gasteiger partial charge in [-0.05, 0) is 56.8 Å². The summed E-state index contributed by atoms with van der Waals surface area (Å²) in [6.45, 7) is 5.03. The molecule has 1 fully saturated rings. The van der Waals surface area contributed by atoms with Crippen molar-refractivity contribution < 1.29 is 4.42 Å². The first-order valence-corrected chi connectivity index (χ1v) is 8.04. The van der Waals surface area contributed by atoms with Crippen molar-refractivity contribution in [3.63, 3.8) is 0 Å². The van der Waals surface area contributed by atoms with Crippen LogP contribution in [0.2, 0.25) is 0 Å². The minimum Gasteiger partial charge on any atom is -0.465 e. The summed E-state index contributed by atoms with van der Waals surface area (Å²) in [5.74, 6) is 2.43. The third-order valence-corrected chi connectivity index (χ3v) is 5.09. The molecule has 0 saturated carbocycles. The minimum atomic E-state index is 0.159. The molecule has 1 aliphatic heterocycles. The second-order valence-electron chi connectivity index (χ2n) is 6.71. The number of piperidine rings is 1. The number of rotatable bonds is 2. The van der Waals surface area contributed by atoms with Crippen LogP contribution in [0.3, 0.4) is 0 Å². The van der Waals surface area contributed by atoms with Crippen LogP contribution in [0.5, 0.6) is 0 Å². The number of hydrogen-bond donors (Lipinski definition) is 1. The van der Waals surface area contributed by atoms with Gasteiger partial charge in [0.15, 0.2) is 0 Å². The zero-order valence-electron chi connectivity index (χ0n) is 13.0. The molecule has 1 spiro atoms. The Morgan fingerprint density at radius 2 is 2.27 bits per heavy atom. The summed E-state index contributed by atoms with van der Waals surface area (Å²) < 4.78 is 5.74. The van der Waals surface area contributed by atoms with Crippen molar-refractivity contribution in [1.82, 2.24) is 14.9 Å². The summed E-state index contributed by atoms with van der Waals surface area (Å²) in [5.41, 5.74) is 8.47. The van der Waals surface area contributed by atoms with E-state index in [1.165, 1.54) is 24.1 Å². The Bertz CT molecular complexity index is 692. The van der Waals surface area contributed by atoms with Gasteiger partial charge in [-0.1, -0.05) is 0 Å². The molecule has 0 amide bonds. The number of anilines is 1. The first kappa shape index (κ1) is 13.8. The maximum atomic E-state index is 5.83. The number of hydrogen-bond acceptors (Lipinski definition) is 5. The fraction of sp³-hybridized carbons (Fsp3) is 0.529. The van der Waals surface area contributed by atoms with Gasteiger partial charge in [-0.3, -0.25) is 4.90 Å². The minimum absolute atomic E-state index is 0.159. The van der Waals surface area contributed by atoms with E-state index in [2.05, 4.69) is 20.9 Å². The number of nitrogens with zero attached hydrogens (tertiary/aromatic N) is 3. The van der Waals surface area contributed by atoms with Crippen molar-refractivity contribution in [2.45, 2.75) is 44.6 Å². The zero-order chi connectivity index (χ0) is 15.2. The van der Waals surface area contributed by atoms with Gasteiger partial charge in [-0.15, -0.1) is 0 Å². The van der Waals surface area contributed by atoms with E-state index in [1.54, 1.807) is 0 Å². The predicted octanol–water partition coefficient (Wildman–Crippen LogP) is 2.44. The van der Waals surface area contributed by atoms with Gasteiger partial charge in [0.25, 0.3) is 0 Å². The third kappa shape index (κ3) is 2.29. The maximum absolute atomic E-state index is 5.83. The lowest BCUT2D eigenvalue weighted by atomic mass is 9.77. The first-order chi connectivity index (χ1) is 10.6. The van der Waals surface area contributed by atoms with Crippen LogP contribution in [0.15, 0.2) is 22.7 Å². The average molecular weight is 298 g/mol. The van der Waals surface area contributed by atoms with E-state index in [-0.39, 0.29) is 5.41 Å². The molecule has 3 heterocycles. The van der Waals surface area contributed by atoms with Gasteiger partial charge in [0.2, 0.25) is 5.95 Å². The molecule has 5 heteroatoms. The van der Waals surface area contributed by atoms with E-state index < -0.39 is 0 Å². The zero-order valence-corrected chi connectivity index (χ0v) is 13.0. The monoisotopic (exact) mass is 298 g/mol. The van der Waals surface area contributed by atoms with Crippen molar-refractivity contribution in [2.75, 3.05) is 18.8 Å². The summed E-state index contributed by atoms with van der Waals surface area (Å²) in [7, 11) is 0. The lowest BCUT2D eigenvalue weighted by Crippen LogP contribution is -2.45. The number of aryl methyl sites for hydroxylation is 2. The number of fused-ring (bicyclic) bond motifs is 2. The van der Waals surface area contributed by atoms with Crippen LogP contribution in [0.25, 0.3) is 0 Å². The molecule has 4 rings (SSSR count). The van der Waals surface area contributed by atoms with Crippen LogP contribution in [0, 0.1) is 6.92 Å². The van der Waals surface area contributed by atoms with Crippen LogP contribution < -0.4 is 5.73 Å². The highest BCUT2D eigenvalue weighted by molar-refractivity contribution is 5.37. The van der Waals surface area contributed by atoms with Crippen LogP contribution in [-0.2, 0) is 18.4 Å². The van der Waals surface area contributed by atoms with Gasteiger partial charge < -0.3 is 10.2 Å².